The van der Waals surface area contributed by atoms with Crippen molar-refractivity contribution in [2.45, 2.75) is 193 Å². The molecule has 1 N–H and O–H groups in total. The zero-order chi connectivity index (χ0) is 45.1. The lowest BCUT2D eigenvalue weighted by Crippen LogP contribution is -2.37. The van der Waals surface area contributed by atoms with Crippen LogP contribution in [0, 0.1) is 0 Å². The lowest BCUT2D eigenvalue weighted by molar-refractivity contribution is -0.870. The van der Waals surface area contributed by atoms with Crippen LogP contribution >= 0.6 is 7.82 Å². The molecular weight excluding hydrogens is 790 g/mol. The van der Waals surface area contributed by atoms with Gasteiger partial charge in [-0.2, -0.15) is 0 Å². The highest BCUT2D eigenvalue weighted by atomic mass is 31.2. The SMILES string of the molecule is CCCCCCCC/C=C\CCCCCCCCCCCC(=O)OC[C@H](COP(=O)(O)OCC[N+](C)(C)C)OC(=O)CCC/C=C\C/C=C\C/C=C\C=C\C(=O)CCCCC. The number of quaternary nitrogens is 1. The summed E-state index contributed by atoms with van der Waals surface area (Å²) in [6.45, 7) is 4.17. The van der Waals surface area contributed by atoms with Crippen LogP contribution in [0.15, 0.2) is 60.8 Å². The van der Waals surface area contributed by atoms with Gasteiger partial charge < -0.3 is 18.9 Å². The molecule has 11 heteroatoms. The Morgan fingerprint density at radius 2 is 1.05 bits per heavy atom. The molecule has 1 unspecified atom stereocenters. The van der Waals surface area contributed by atoms with Gasteiger partial charge in [0.15, 0.2) is 11.9 Å². The van der Waals surface area contributed by atoms with Crippen molar-refractivity contribution in [1.29, 1.82) is 0 Å². The number of allylic oxidation sites excluding steroid dienone is 10. The average Bonchev–Trinajstić information content (AvgIpc) is 3.21. The van der Waals surface area contributed by atoms with E-state index in [0.717, 1.165) is 57.8 Å². The highest BCUT2D eigenvalue weighted by Crippen LogP contribution is 2.43. The summed E-state index contributed by atoms with van der Waals surface area (Å²) in [5, 5.41) is 0. The van der Waals surface area contributed by atoms with E-state index in [2.05, 4.69) is 38.2 Å². The summed E-state index contributed by atoms with van der Waals surface area (Å²) in [4.78, 5) is 47.2. The summed E-state index contributed by atoms with van der Waals surface area (Å²) in [5.41, 5.74) is 0. The third-order valence-electron chi connectivity index (χ3n) is 10.00. The number of phosphoric ester groups is 1. The van der Waals surface area contributed by atoms with Gasteiger partial charge in [-0.1, -0.05) is 158 Å². The van der Waals surface area contributed by atoms with Gasteiger partial charge in [0.1, 0.15) is 19.8 Å². The van der Waals surface area contributed by atoms with Crippen molar-refractivity contribution >= 4 is 25.5 Å². The third kappa shape index (κ3) is 45.2. The van der Waals surface area contributed by atoms with Gasteiger partial charge in [-0.15, -0.1) is 0 Å². The Morgan fingerprint density at radius 1 is 0.557 bits per heavy atom. The van der Waals surface area contributed by atoms with Gasteiger partial charge in [0.2, 0.25) is 0 Å². The highest BCUT2D eigenvalue weighted by molar-refractivity contribution is 7.47. The molecular formula is C50H89NO9P+. The largest absolute Gasteiger partial charge is 0.472 e. The number of carbonyl (C=O) groups is 3. The summed E-state index contributed by atoms with van der Waals surface area (Å²) in [7, 11) is 1.40. The number of carbonyl (C=O) groups excluding carboxylic acids is 3. The molecule has 0 radical (unpaired) electrons. The number of nitrogens with zero attached hydrogens (tertiary/aromatic N) is 1. The number of unbranched alkanes of at least 4 members (excludes halogenated alkanes) is 18. The van der Waals surface area contributed by atoms with Crippen LogP contribution < -0.4 is 0 Å². The Balaban J connectivity index is 4.43. The molecule has 0 bridgehead atoms. The van der Waals surface area contributed by atoms with Crippen LogP contribution in [0.3, 0.4) is 0 Å². The summed E-state index contributed by atoms with van der Waals surface area (Å²) >= 11 is 0. The zero-order valence-corrected chi connectivity index (χ0v) is 40.3. The van der Waals surface area contributed by atoms with Crippen molar-refractivity contribution in [2.75, 3.05) is 47.5 Å². The van der Waals surface area contributed by atoms with Gasteiger partial charge in [-0.25, -0.2) is 4.57 Å². The van der Waals surface area contributed by atoms with E-state index < -0.39 is 32.5 Å². The Morgan fingerprint density at radius 3 is 1.67 bits per heavy atom. The van der Waals surface area contributed by atoms with Crippen LogP contribution in [0.5, 0.6) is 0 Å². The molecule has 0 amide bonds. The van der Waals surface area contributed by atoms with E-state index in [0.29, 0.717) is 30.3 Å². The monoisotopic (exact) mass is 879 g/mol. The van der Waals surface area contributed by atoms with E-state index >= 15 is 0 Å². The quantitative estimate of drug-likeness (QED) is 0.0121. The lowest BCUT2D eigenvalue weighted by atomic mass is 10.1. The lowest BCUT2D eigenvalue weighted by Gasteiger charge is -2.24. The maximum atomic E-state index is 12.7. The van der Waals surface area contributed by atoms with Gasteiger partial charge in [0, 0.05) is 19.3 Å². The molecule has 61 heavy (non-hydrogen) atoms. The Bertz CT molecular complexity index is 1280. The Hall–Kier alpha value is -2.62. The molecule has 0 spiro atoms. The minimum atomic E-state index is -4.41. The van der Waals surface area contributed by atoms with Crippen molar-refractivity contribution in [3.8, 4) is 0 Å². The second kappa shape index (κ2) is 41.4. The first-order chi connectivity index (χ1) is 29.4. The summed E-state index contributed by atoms with van der Waals surface area (Å²) < 4.78 is 34.3. The molecule has 0 fully saturated rings. The molecule has 0 aliphatic rings. The molecule has 0 aromatic heterocycles. The highest BCUT2D eigenvalue weighted by Gasteiger charge is 2.27. The summed E-state index contributed by atoms with van der Waals surface area (Å²) in [6.07, 6.45) is 46.9. The minimum Gasteiger partial charge on any atom is -0.462 e. The van der Waals surface area contributed by atoms with Crippen LogP contribution in [0.1, 0.15) is 187 Å². The molecule has 0 saturated carbocycles. The van der Waals surface area contributed by atoms with Crippen LogP contribution in [-0.2, 0) is 37.5 Å². The molecule has 0 aromatic rings. The van der Waals surface area contributed by atoms with Gasteiger partial charge in [-0.05, 0) is 70.3 Å². The van der Waals surface area contributed by atoms with Gasteiger partial charge >= 0.3 is 19.8 Å². The maximum absolute atomic E-state index is 12.7. The topological polar surface area (TPSA) is 125 Å². The standard InChI is InChI=1S/C50H88NO9P/c1-6-8-10-11-12-13-14-15-16-17-18-19-20-21-24-27-30-33-37-41-49(53)57-45-48(46-59-61(55,56)58-44-43-51(3,4)5)60-50(54)42-38-34-31-28-25-22-23-26-29-32-36-40-47(52)39-35-9-7-2/h15-16,22-23,28-29,31-32,36,40,48H,6-14,17-21,24-27,30,33-35,37-39,41-46H2,1-5H3/p+1/b16-15-,23-22-,31-28-,32-29-,40-36+/t48-/m1/s1. The van der Waals surface area contributed by atoms with E-state index in [1.54, 1.807) is 12.2 Å². The number of rotatable bonds is 43. The fraction of sp³-hybridized carbons (Fsp3) is 0.740. The molecule has 0 saturated heterocycles. The Labute approximate surface area is 372 Å². The molecule has 0 aliphatic heterocycles. The van der Waals surface area contributed by atoms with Gasteiger partial charge in [0.25, 0.3) is 0 Å². The first-order valence-electron chi connectivity index (χ1n) is 24.0. The summed E-state index contributed by atoms with van der Waals surface area (Å²) in [5.74, 6) is -0.733. The second-order valence-corrected chi connectivity index (χ2v) is 18.6. The molecule has 0 aromatic carbocycles. The van der Waals surface area contributed by atoms with Crippen molar-refractivity contribution in [3.05, 3.63) is 60.8 Å². The molecule has 10 nitrogen and oxygen atoms in total. The van der Waals surface area contributed by atoms with E-state index in [4.69, 9.17) is 18.5 Å². The van der Waals surface area contributed by atoms with Crippen LogP contribution in [-0.4, -0.2) is 80.7 Å². The Kier molecular flexibility index (Phi) is 39.6. The molecule has 0 heterocycles. The molecule has 2 atom stereocenters. The number of hydrogen-bond donors (Lipinski definition) is 1. The predicted molar refractivity (Wildman–Crippen MR) is 252 cm³/mol. The van der Waals surface area contributed by atoms with Gasteiger partial charge in [-0.3, -0.25) is 23.4 Å². The average molecular weight is 879 g/mol. The normalized spacial score (nSPS) is 13.9. The molecule has 0 aliphatic carbocycles. The fourth-order valence-corrected chi connectivity index (χ4v) is 6.93. The number of esters is 2. The smallest absolute Gasteiger partial charge is 0.462 e. The number of phosphoric acid groups is 1. The first kappa shape index (κ1) is 58.4. The van der Waals surface area contributed by atoms with E-state index in [9.17, 15) is 23.8 Å². The second-order valence-electron chi connectivity index (χ2n) is 17.2. The maximum Gasteiger partial charge on any atom is 0.472 e. The van der Waals surface area contributed by atoms with E-state index in [-0.39, 0.29) is 31.8 Å². The van der Waals surface area contributed by atoms with Crippen LogP contribution in [0.2, 0.25) is 0 Å². The zero-order valence-electron chi connectivity index (χ0n) is 39.4. The van der Waals surface area contributed by atoms with Crippen LogP contribution in [0.25, 0.3) is 0 Å². The number of hydrogen-bond acceptors (Lipinski definition) is 8. The van der Waals surface area contributed by atoms with E-state index in [1.165, 1.54) is 83.5 Å². The van der Waals surface area contributed by atoms with Crippen molar-refractivity contribution in [2.24, 2.45) is 0 Å². The number of ketones is 1. The van der Waals surface area contributed by atoms with E-state index in [1.807, 2.05) is 45.4 Å². The van der Waals surface area contributed by atoms with Crippen LogP contribution in [0.4, 0.5) is 0 Å². The third-order valence-corrected chi connectivity index (χ3v) is 11.0. The van der Waals surface area contributed by atoms with Crippen molar-refractivity contribution < 1.29 is 46.8 Å². The van der Waals surface area contributed by atoms with Crippen molar-refractivity contribution in [3.63, 3.8) is 0 Å². The molecule has 0 rings (SSSR count). The van der Waals surface area contributed by atoms with Crippen molar-refractivity contribution in [1.82, 2.24) is 0 Å². The number of ether oxygens (including phenoxy) is 2. The summed E-state index contributed by atoms with van der Waals surface area (Å²) in [6, 6.07) is 0. The first-order valence-corrected chi connectivity index (χ1v) is 25.5. The van der Waals surface area contributed by atoms with Gasteiger partial charge in [0.05, 0.1) is 27.7 Å². The fourth-order valence-electron chi connectivity index (χ4n) is 6.19. The predicted octanol–water partition coefficient (Wildman–Crippen LogP) is 13.2. The number of likely N-dealkylation sites (N-methyl/N-ethyl adjacent to an activating group) is 1. The molecule has 352 valence electrons. The minimum absolute atomic E-state index is 0.00834.